The van der Waals surface area contributed by atoms with E-state index in [4.69, 9.17) is 0 Å². The van der Waals surface area contributed by atoms with Gasteiger partial charge in [-0.2, -0.15) is 0 Å². The van der Waals surface area contributed by atoms with E-state index in [-0.39, 0.29) is 11.8 Å². The van der Waals surface area contributed by atoms with Crippen LogP contribution < -0.4 is 10.6 Å². The van der Waals surface area contributed by atoms with Crippen LogP contribution in [-0.4, -0.2) is 33.8 Å². The highest BCUT2D eigenvalue weighted by atomic mass is 32.2. The summed E-state index contributed by atoms with van der Waals surface area (Å²) < 4.78 is 24.3. The van der Waals surface area contributed by atoms with E-state index in [0.717, 1.165) is 30.6 Å². The summed E-state index contributed by atoms with van der Waals surface area (Å²) in [5, 5.41) is 6.42. The second-order valence-corrected chi connectivity index (χ2v) is 6.87. The van der Waals surface area contributed by atoms with Crippen LogP contribution in [0.4, 0.5) is 5.69 Å². The normalized spacial score (nSPS) is 21.1. The summed E-state index contributed by atoms with van der Waals surface area (Å²) in [6.45, 7) is 2.89. The minimum atomic E-state index is -3.13. The zero-order valence-electron chi connectivity index (χ0n) is 10.9. The second-order valence-electron chi connectivity index (χ2n) is 4.87. The second kappa shape index (κ2) is 5.28. The summed E-state index contributed by atoms with van der Waals surface area (Å²) in [5.74, 6) is 0.201. The molecule has 0 radical (unpaired) electrons. The van der Waals surface area contributed by atoms with E-state index in [1.54, 1.807) is 6.07 Å². The van der Waals surface area contributed by atoms with Crippen LogP contribution in [0.25, 0.3) is 0 Å². The van der Waals surface area contributed by atoms with Crippen LogP contribution in [-0.2, 0) is 9.84 Å². The zero-order valence-corrected chi connectivity index (χ0v) is 11.7. The van der Waals surface area contributed by atoms with Gasteiger partial charge in [0.25, 0.3) is 0 Å². The lowest BCUT2D eigenvalue weighted by Crippen LogP contribution is -2.34. The van der Waals surface area contributed by atoms with E-state index in [2.05, 4.69) is 10.6 Å². The maximum Gasteiger partial charge on any atom is 0.182 e. The Hall–Kier alpha value is -1.07. The van der Waals surface area contributed by atoms with Gasteiger partial charge in [-0.05, 0) is 51.1 Å². The van der Waals surface area contributed by atoms with Crippen molar-refractivity contribution in [1.82, 2.24) is 5.32 Å². The Bertz CT molecular complexity index is 526. The van der Waals surface area contributed by atoms with Crippen LogP contribution >= 0.6 is 0 Å². The monoisotopic (exact) mass is 268 g/mol. The lowest BCUT2D eigenvalue weighted by Gasteiger charge is -2.27. The average Bonchev–Trinajstić information content (AvgIpc) is 2.27. The molecule has 0 aliphatic carbocycles. The average molecular weight is 268 g/mol. The molecule has 0 spiro atoms. The SMILES string of the molecule is CNCCCC1CS(=O)(=O)c2ccc(C)cc2N1. The fourth-order valence-corrected chi connectivity index (χ4v) is 4.01. The van der Waals surface area contributed by atoms with Crippen molar-refractivity contribution in [2.75, 3.05) is 24.7 Å². The molecule has 1 aromatic carbocycles. The fourth-order valence-electron chi connectivity index (χ4n) is 2.32. The lowest BCUT2D eigenvalue weighted by atomic mass is 10.1. The molecule has 1 aliphatic rings. The molecule has 0 aromatic heterocycles. The largest absolute Gasteiger partial charge is 0.380 e. The molecule has 0 fully saturated rings. The van der Waals surface area contributed by atoms with Gasteiger partial charge in [0.15, 0.2) is 9.84 Å². The number of rotatable bonds is 4. The fraction of sp³-hybridized carbons (Fsp3) is 0.538. The Kier molecular flexibility index (Phi) is 3.92. The summed E-state index contributed by atoms with van der Waals surface area (Å²) in [6.07, 6.45) is 1.85. The number of anilines is 1. The van der Waals surface area contributed by atoms with Crippen molar-refractivity contribution in [1.29, 1.82) is 0 Å². The highest BCUT2D eigenvalue weighted by molar-refractivity contribution is 7.91. The van der Waals surface area contributed by atoms with Crippen molar-refractivity contribution in [3.05, 3.63) is 23.8 Å². The molecule has 5 heteroatoms. The highest BCUT2D eigenvalue weighted by Gasteiger charge is 2.29. The van der Waals surface area contributed by atoms with Crippen LogP contribution in [0.5, 0.6) is 0 Å². The third-order valence-electron chi connectivity index (χ3n) is 3.23. The van der Waals surface area contributed by atoms with Gasteiger partial charge in [0, 0.05) is 6.04 Å². The molecule has 0 saturated carbocycles. The molecule has 4 nitrogen and oxygen atoms in total. The van der Waals surface area contributed by atoms with E-state index >= 15 is 0 Å². The van der Waals surface area contributed by atoms with Gasteiger partial charge < -0.3 is 10.6 Å². The Morgan fingerprint density at radius 3 is 2.94 bits per heavy atom. The van der Waals surface area contributed by atoms with Crippen molar-refractivity contribution in [2.24, 2.45) is 0 Å². The van der Waals surface area contributed by atoms with Gasteiger partial charge in [0.2, 0.25) is 0 Å². The first-order valence-electron chi connectivity index (χ1n) is 6.27. The van der Waals surface area contributed by atoms with E-state index in [0.29, 0.717) is 4.90 Å². The topological polar surface area (TPSA) is 58.2 Å². The molecule has 1 aromatic rings. The molecular weight excluding hydrogens is 248 g/mol. The maximum atomic E-state index is 12.2. The molecule has 18 heavy (non-hydrogen) atoms. The van der Waals surface area contributed by atoms with Gasteiger partial charge in [-0.25, -0.2) is 8.42 Å². The molecule has 0 saturated heterocycles. The van der Waals surface area contributed by atoms with E-state index in [9.17, 15) is 8.42 Å². The van der Waals surface area contributed by atoms with Crippen molar-refractivity contribution < 1.29 is 8.42 Å². The smallest absolute Gasteiger partial charge is 0.182 e. The molecule has 2 rings (SSSR count). The highest BCUT2D eigenvalue weighted by Crippen LogP contribution is 2.30. The van der Waals surface area contributed by atoms with Crippen LogP contribution in [0.3, 0.4) is 0 Å². The van der Waals surface area contributed by atoms with Gasteiger partial charge in [-0.3, -0.25) is 0 Å². The van der Waals surface area contributed by atoms with Crippen molar-refractivity contribution in [3.63, 3.8) is 0 Å². The van der Waals surface area contributed by atoms with Crippen LogP contribution in [0.2, 0.25) is 0 Å². The molecule has 1 unspecified atom stereocenters. The first-order chi connectivity index (χ1) is 8.53. The summed E-state index contributed by atoms with van der Waals surface area (Å²) in [4.78, 5) is 0.443. The first kappa shape index (κ1) is 13.4. The minimum absolute atomic E-state index is 0.0256. The van der Waals surface area contributed by atoms with Crippen LogP contribution in [0.1, 0.15) is 18.4 Å². The Morgan fingerprint density at radius 1 is 1.44 bits per heavy atom. The number of fused-ring (bicyclic) bond motifs is 1. The maximum absolute atomic E-state index is 12.2. The third-order valence-corrected chi connectivity index (χ3v) is 5.10. The minimum Gasteiger partial charge on any atom is -0.380 e. The number of hydrogen-bond acceptors (Lipinski definition) is 4. The number of sulfone groups is 1. The number of hydrogen-bond donors (Lipinski definition) is 2. The number of benzene rings is 1. The lowest BCUT2D eigenvalue weighted by molar-refractivity contribution is 0.569. The summed E-state index contributed by atoms with van der Waals surface area (Å²) in [5.41, 5.74) is 1.84. The van der Waals surface area contributed by atoms with Gasteiger partial charge in [0.05, 0.1) is 16.3 Å². The van der Waals surface area contributed by atoms with Crippen molar-refractivity contribution in [2.45, 2.75) is 30.7 Å². The quantitative estimate of drug-likeness (QED) is 0.814. The van der Waals surface area contributed by atoms with Gasteiger partial charge in [0.1, 0.15) is 0 Å². The van der Waals surface area contributed by atoms with E-state index < -0.39 is 9.84 Å². The zero-order chi connectivity index (χ0) is 13.2. The molecule has 1 heterocycles. The summed E-state index contributed by atoms with van der Waals surface area (Å²) >= 11 is 0. The molecule has 0 bridgehead atoms. The molecule has 2 N–H and O–H groups in total. The van der Waals surface area contributed by atoms with Crippen LogP contribution in [0.15, 0.2) is 23.1 Å². The number of nitrogens with one attached hydrogen (secondary N) is 2. The Morgan fingerprint density at radius 2 is 2.22 bits per heavy atom. The van der Waals surface area contributed by atoms with Gasteiger partial charge in [-0.15, -0.1) is 0 Å². The predicted molar refractivity (Wildman–Crippen MR) is 73.8 cm³/mol. The predicted octanol–water partition coefficient (Wildman–Crippen LogP) is 1.56. The number of aryl methyl sites for hydroxylation is 1. The van der Waals surface area contributed by atoms with Crippen molar-refractivity contribution in [3.8, 4) is 0 Å². The van der Waals surface area contributed by atoms with Gasteiger partial charge in [-0.1, -0.05) is 6.07 Å². The molecule has 100 valence electrons. The molecular formula is C13H20N2O2S. The first-order valence-corrected chi connectivity index (χ1v) is 7.93. The van der Waals surface area contributed by atoms with E-state index in [1.165, 1.54) is 0 Å². The molecule has 1 atom stereocenters. The third kappa shape index (κ3) is 2.84. The summed E-state index contributed by atoms with van der Waals surface area (Å²) in [7, 11) is -1.22. The molecule has 0 amide bonds. The van der Waals surface area contributed by atoms with Crippen molar-refractivity contribution >= 4 is 15.5 Å². The van der Waals surface area contributed by atoms with E-state index in [1.807, 2.05) is 26.1 Å². The summed E-state index contributed by atoms with van der Waals surface area (Å²) in [6, 6.07) is 5.49. The Balaban J connectivity index is 2.20. The van der Waals surface area contributed by atoms with Gasteiger partial charge >= 0.3 is 0 Å². The molecule has 1 aliphatic heterocycles. The standard InChI is InChI=1S/C13H20N2O2S/c1-10-5-6-13-12(8-10)15-11(4-3-7-14-2)9-18(13,16)17/h5-6,8,11,14-15H,3-4,7,9H2,1-2H3. The Labute approximate surface area is 109 Å². The van der Waals surface area contributed by atoms with Crippen LogP contribution in [0, 0.1) is 6.92 Å².